The lowest BCUT2D eigenvalue weighted by molar-refractivity contribution is 0.103. The molecule has 2 aromatic carbocycles. The van der Waals surface area contributed by atoms with E-state index in [1.807, 2.05) is 32.0 Å². The van der Waals surface area contributed by atoms with Gasteiger partial charge in [0.2, 0.25) is 0 Å². The van der Waals surface area contributed by atoms with Crippen molar-refractivity contribution in [1.29, 1.82) is 0 Å². The third kappa shape index (κ3) is 2.32. The highest BCUT2D eigenvalue weighted by molar-refractivity contribution is 6.13. The van der Waals surface area contributed by atoms with Crippen molar-refractivity contribution in [3.8, 4) is 5.75 Å². The molecule has 0 saturated carbocycles. The van der Waals surface area contributed by atoms with E-state index in [1.54, 1.807) is 18.2 Å². The molecule has 0 atom stereocenters. The second-order valence-electron chi connectivity index (χ2n) is 4.50. The fraction of sp³-hybridized carbons (Fsp3) is 0.188. The highest BCUT2D eigenvalue weighted by Crippen LogP contribution is 2.27. The number of ether oxygens (including phenoxy) is 1. The van der Waals surface area contributed by atoms with Crippen molar-refractivity contribution in [2.45, 2.75) is 13.8 Å². The normalized spacial score (nSPS) is 10.3. The molecule has 0 aliphatic heterocycles. The van der Waals surface area contributed by atoms with Gasteiger partial charge in [-0.15, -0.1) is 0 Å². The summed E-state index contributed by atoms with van der Waals surface area (Å²) in [6, 6.07) is 10.9. The fourth-order valence-corrected chi connectivity index (χ4v) is 2.06. The molecule has 2 aromatic rings. The monoisotopic (exact) mass is 255 g/mol. The summed E-state index contributed by atoms with van der Waals surface area (Å²) in [6.45, 7) is 3.93. The van der Waals surface area contributed by atoms with Crippen molar-refractivity contribution < 1.29 is 9.53 Å². The number of nitrogen functional groups attached to an aromatic ring is 1. The van der Waals surface area contributed by atoms with E-state index < -0.39 is 0 Å². The van der Waals surface area contributed by atoms with E-state index in [0.29, 0.717) is 22.6 Å². The molecule has 0 heterocycles. The fourth-order valence-electron chi connectivity index (χ4n) is 2.06. The molecule has 0 fully saturated rings. The van der Waals surface area contributed by atoms with Gasteiger partial charge in [0.25, 0.3) is 0 Å². The van der Waals surface area contributed by atoms with Gasteiger partial charge in [-0.3, -0.25) is 4.79 Å². The number of nitrogens with two attached hydrogens (primary N) is 1. The van der Waals surface area contributed by atoms with E-state index in [9.17, 15) is 4.79 Å². The van der Waals surface area contributed by atoms with Crippen molar-refractivity contribution in [2.75, 3.05) is 12.8 Å². The Balaban J connectivity index is 2.54. The molecular weight excluding hydrogens is 238 g/mol. The van der Waals surface area contributed by atoms with Crippen molar-refractivity contribution in [2.24, 2.45) is 0 Å². The minimum atomic E-state index is -0.0717. The lowest BCUT2D eigenvalue weighted by Crippen LogP contribution is -2.08. The molecule has 0 aromatic heterocycles. The van der Waals surface area contributed by atoms with E-state index in [4.69, 9.17) is 10.5 Å². The van der Waals surface area contributed by atoms with Crippen LogP contribution in [-0.2, 0) is 0 Å². The topological polar surface area (TPSA) is 52.3 Å². The quantitative estimate of drug-likeness (QED) is 0.677. The van der Waals surface area contributed by atoms with Crippen LogP contribution in [0.25, 0.3) is 0 Å². The summed E-state index contributed by atoms with van der Waals surface area (Å²) < 4.78 is 5.15. The molecule has 0 saturated heterocycles. The van der Waals surface area contributed by atoms with Gasteiger partial charge in [0.05, 0.1) is 12.8 Å². The number of aryl methyl sites for hydroxylation is 1. The van der Waals surface area contributed by atoms with Gasteiger partial charge in [0, 0.05) is 11.1 Å². The van der Waals surface area contributed by atoms with Crippen molar-refractivity contribution in [3.63, 3.8) is 0 Å². The third-order valence-corrected chi connectivity index (χ3v) is 3.38. The van der Waals surface area contributed by atoms with Crippen LogP contribution in [0.2, 0.25) is 0 Å². The molecule has 0 aliphatic carbocycles. The molecule has 0 spiro atoms. The second-order valence-corrected chi connectivity index (χ2v) is 4.50. The largest absolute Gasteiger partial charge is 0.495 e. The molecule has 0 aliphatic rings. The summed E-state index contributed by atoms with van der Waals surface area (Å²) in [7, 11) is 1.54. The van der Waals surface area contributed by atoms with E-state index in [1.165, 1.54) is 7.11 Å². The van der Waals surface area contributed by atoms with Crippen LogP contribution in [0, 0.1) is 13.8 Å². The summed E-state index contributed by atoms with van der Waals surface area (Å²) in [5, 5.41) is 0. The van der Waals surface area contributed by atoms with Crippen LogP contribution < -0.4 is 10.5 Å². The van der Waals surface area contributed by atoms with Crippen molar-refractivity contribution in [1.82, 2.24) is 0 Å². The lowest BCUT2D eigenvalue weighted by Gasteiger charge is -2.11. The lowest BCUT2D eigenvalue weighted by atomic mass is 9.95. The number of carbonyl (C=O) groups is 1. The van der Waals surface area contributed by atoms with Gasteiger partial charge in [-0.2, -0.15) is 0 Å². The number of carbonyl (C=O) groups excluding carboxylic acids is 1. The number of hydrogen-bond acceptors (Lipinski definition) is 3. The van der Waals surface area contributed by atoms with Gasteiger partial charge in [-0.1, -0.05) is 24.3 Å². The highest BCUT2D eigenvalue weighted by atomic mass is 16.5. The third-order valence-electron chi connectivity index (χ3n) is 3.38. The Bertz CT molecular complexity index is 633. The van der Waals surface area contributed by atoms with Crippen LogP contribution >= 0.6 is 0 Å². The minimum Gasteiger partial charge on any atom is -0.495 e. The molecule has 0 radical (unpaired) electrons. The molecule has 0 bridgehead atoms. The molecule has 3 heteroatoms. The van der Waals surface area contributed by atoms with Gasteiger partial charge in [-0.05, 0) is 37.1 Å². The summed E-state index contributed by atoms with van der Waals surface area (Å²) in [6.07, 6.45) is 0. The van der Waals surface area contributed by atoms with Crippen molar-refractivity contribution in [3.05, 3.63) is 58.7 Å². The Morgan fingerprint density at radius 2 is 1.68 bits per heavy atom. The summed E-state index contributed by atoms with van der Waals surface area (Å²) in [4.78, 5) is 12.6. The first kappa shape index (κ1) is 13.1. The predicted octanol–water partition coefficient (Wildman–Crippen LogP) is 3.13. The van der Waals surface area contributed by atoms with Gasteiger partial charge in [-0.25, -0.2) is 0 Å². The van der Waals surface area contributed by atoms with Gasteiger partial charge in [0.15, 0.2) is 5.78 Å². The van der Waals surface area contributed by atoms with Crippen LogP contribution in [0.3, 0.4) is 0 Å². The first-order valence-electron chi connectivity index (χ1n) is 6.09. The zero-order chi connectivity index (χ0) is 14.0. The number of para-hydroxylation sites is 1. The maximum atomic E-state index is 12.6. The summed E-state index contributed by atoms with van der Waals surface area (Å²) >= 11 is 0. The number of methoxy groups -OCH3 is 1. The first-order valence-corrected chi connectivity index (χ1v) is 6.09. The molecule has 2 rings (SSSR count). The molecule has 19 heavy (non-hydrogen) atoms. The van der Waals surface area contributed by atoms with Gasteiger partial charge in [0.1, 0.15) is 5.75 Å². The van der Waals surface area contributed by atoms with E-state index in [-0.39, 0.29) is 5.78 Å². The average Bonchev–Trinajstić information content (AvgIpc) is 2.41. The van der Waals surface area contributed by atoms with Gasteiger partial charge >= 0.3 is 0 Å². The Kier molecular flexibility index (Phi) is 3.56. The first-order chi connectivity index (χ1) is 9.06. The molecule has 3 nitrogen and oxygen atoms in total. The molecular formula is C16H17NO2. The number of benzene rings is 2. The van der Waals surface area contributed by atoms with E-state index in [2.05, 4.69) is 0 Å². The zero-order valence-corrected chi connectivity index (χ0v) is 11.4. The van der Waals surface area contributed by atoms with Crippen LogP contribution in [0.15, 0.2) is 36.4 Å². The Hall–Kier alpha value is -2.29. The molecule has 2 N–H and O–H groups in total. The van der Waals surface area contributed by atoms with E-state index in [0.717, 1.165) is 11.1 Å². The van der Waals surface area contributed by atoms with E-state index >= 15 is 0 Å². The zero-order valence-electron chi connectivity index (χ0n) is 11.4. The predicted molar refractivity (Wildman–Crippen MR) is 76.8 cm³/mol. The van der Waals surface area contributed by atoms with Crippen LogP contribution in [0.4, 0.5) is 5.69 Å². The average molecular weight is 255 g/mol. The standard InChI is InChI=1S/C16H17NO2/c1-10-6-4-7-12(11(10)2)16(18)13-8-5-9-14(19-3)15(13)17/h4-9H,17H2,1-3H3. The summed E-state index contributed by atoms with van der Waals surface area (Å²) in [5.74, 6) is 0.453. The highest BCUT2D eigenvalue weighted by Gasteiger charge is 2.17. The maximum absolute atomic E-state index is 12.6. The second kappa shape index (κ2) is 5.14. The molecule has 98 valence electrons. The molecule has 0 amide bonds. The number of hydrogen-bond donors (Lipinski definition) is 1. The van der Waals surface area contributed by atoms with Crippen LogP contribution in [-0.4, -0.2) is 12.9 Å². The van der Waals surface area contributed by atoms with Gasteiger partial charge < -0.3 is 10.5 Å². The Labute approximate surface area is 113 Å². The molecule has 0 unspecified atom stereocenters. The maximum Gasteiger partial charge on any atom is 0.195 e. The van der Waals surface area contributed by atoms with Crippen LogP contribution in [0.1, 0.15) is 27.0 Å². The number of ketones is 1. The SMILES string of the molecule is COc1cccc(C(=O)c2cccc(C)c2C)c1N. The summed E-state index contributed by atoms with van der Waals surface area (Å²) in [5.41, 5.74) is 9.59. The Morgan fingerprint density at radius 1 is 1.05 bits per heavy atom. The van der Waals surface area contributed by atoms with Crippen LogP contribution in [0.5, 0.6) is 5.75 Å². The number of anilines is 1. The Morgan fingerprint density at radius 3 is 2.37 bits per heavy atom. The smallest absolute Gasteiger partial charge is 0.195 e. The number of rotatable bonds is 3. The minimum absolute atomic E-state index is 0.0717. The van der Waals surface area contributed by atoms with Crippen molar-refractivity contribution >= 4 is 11.5 Å².